The highest BCUT2D eigenvalue weighted by atomic mass is 32.1. The summed E-state index contributed by atoms with van der Waals surface area (Å²) < 4.78 is 5.69. The predicted molar refractivity (Wildman–Crippen MR) is 95.4 cm³/mol. The van der Waals surface area contributed by atoms with Crippen LogP contribution in [0.1, 0.15) is 42.7 Å². The third-order valence-electron chi connectivity index (χ3n) is 3.38. The molecule has 0 aliphatic heterocycles. The van der Waals surface area contributed by atoms with E-state index < -0.39 is 0 Å². The second-order valence-electron chi connectivity index (χ2n) is 5.69. The van der Waals surface area contributed by atoms with Gasteiger partial charge in [-0.2, -0.15) is 5.10 Å². The van der Waals surface area contributed by atoms with Crippen molar-refractivity contribution >= 4 is 23.0 Å². The van der Waals surface area contributed by atoms with Gasteiger partial charge in [-0.15, -0.1) is 11.3 Å². The van der Waals surface area contributed by atoms with Gasteiger partial charge < -0.3 is 4.74 Å². The number of amides is 1. The van der Waals surface area contributed by atoms with Crippen LogP contribution in [0.25, 0.3) is 0 Å². The molecule has 4 nitrogen and oxygen atoms in total. The fourth-order valence-electron chi connectivity index (χ4n) is 2.10. The molecule has 0 unspecified atom stereocenters. The summed E-state index contributed by atoms with van der Waals surface area (Å²) in [6.07, 6.45) is 0. The van der Waals surface area contributed by atoms with Crippen molar-refractivity contribution in [3.05, 3.63) is 51.7 Å². The molecule has 122 valence electrons. The van der Waals surface area contributed by atoms with Crippen LogP contribution in [0.2, 0.25) is 0 Å². The van der Waals surface area contributed by atoms with Crippen LogP contribution >= 0.6 is 11.3 Å². The van der Waals surface area contributed by atoms with E-state index in [-0.39, 0.29) is 12.5 Å². The summed E-state index contributed by atoms with van der Waals surface area (Å²) in [7, 11) is 0. The van der Waals surface area contributed by atoms with Crippen LogP contribution in [0, 0.1) is 6.92 Å². The number of rotatable bonds is 6. The Hall–Kier alpha value is -2.14. The number of hydrazone groups is 1. The highest BCUT2D eigenvalue weighted by Gasteiger charge is 2.10. The minimum atomic E-state index is -0.267. The zero-order chi connectivity index (χ0) is 16.8. The van der Waals surface area contributed by atoms with Gasteiger partial charge in [-0.25, -0.2) is 5.43 Å². The summed E-state index contributed by atoms with van der Waals surface area (Å²) in [6.45, 7) is 8.03. The molecular formula is C18H22N2O2S. The standard InChI is InChI=1S/C18H22N2O2S/c1-12(2)15-8-7-13(3)10-16(15)22-11-18(21)20-19-14(4)17-6-5-9-23-17/h5-10,12H,11H2,1-4H3,(H,20,21). The molecule has 0 aliphatic rings. The van der Waals surface area contributed by atoms with Crippen LogP contribution < -0.4 is 10.2 Å². The van der Waals surface area contributed by atoms with E-state index >= 15 is 0 Å². The SMILES string of the molecule is CC(=NNC(=O)COc1cc(C)ccc1C(C)C)c1cccs1. The van der Waals surface area contributed by atoms with Gasteiger partial charge in [0.2, 0.25) is 0 Å². The monoisotopic (exact) mass is 330 g/mol. The molecule has 1 aromatic heterocycles. The number of hydrogen-bond acceptors (Lipinski definition) is 4. The summed E-state index contributed by atoms with van der Waals surface area (Å²) in [4.78, 5) is 13.0. The minimum absolute atomic E-state index is 0.0512. The van der Waals surface area contributed by atoms with Gasteiger partial charge in [0.1, 0.15) is 5.75 Å². The zero-order valence-electron chi connectivity index (χ0n) is 13.9. The topological polar surface area (TPSA) is 50.7 Å². The van der Waals surface area contributed by atoms with E-state index in [1.807, 2.05) is 43.5 Å². The molecule has 1 heterocycles. The third-order valence-corrected chi connectivity index (χ3v) is 4.35. The number of nitrogens with zero attached hydrogens (tertiary/aromatic N) is 1. The Morgan fingerprint density at radius 1 is 1.35 bits per heavy atom. The molecular weight excluding hydrogens is 308 g/mol. The van der Waals surface area contributed by atoms with Crippen molar-refractivity contribution in [1.29, 1.82) is 0 Å². The van der Waals surface area contributed by atoms with Gasteiger partial charge in [-0.1, -0.05) is 32.0 Å². The highest BCUT2D eigenvalue weighted by Crippen LogP contribution is 2.27. The molecule has 5 heteroatoms. The quantitative estimate of drug-likeness (QED) is 0.640. The van der Waals surface area contributed by atoms with E-state index in [0.717, 1.165) is 27.5 Å². The molecule has 1 aromatic carbocycles. The molecule has 1 N–H and O–H groups in total. The second kappa shape index (κ2) is 7.92. The predicted octanol–water partition coefficient (Wildman–Crippen LogP) is 4.10. The summed E-state index contributed by atoms with van der Waals surface area (Å²) in [5.74, 6) is 0.832. The molecule has 0 fully saturated rings. The van der Waals surface area contributed by atoms with Gasteiger partial charge >= 0.3 is 0 Å². The van der Waals surface area contributed by atoms with Crippen molar-refractivity contribution < 1.29 is 9.53 Å². The molecule has 0 bridgehead atoms. The first-order valence-corrected chi connectivity index (χ1v) is 8.45. The fraction of sp³-hybridized carbons (Fsp3) is 0.333. The molecule has 2 aromatic rings. The second-order valence-corrected chi connectivity index (χ2v) is 6.64. The van der Waals surface area contributed by atoms with Gasteiger partial charge in [0.25, 0.3) is 5.91 Å². The van der Waals surface area contributed by atoms with Crippen molar-refractivity contribution in [3.63, 3.8) is 0 Å². The zero-order valence-corrected chi connectivity index (χ0v) is 14.7. The average molecular weight is 330 g/mol. The largest absolute Gasteiger partial charge is 0.483 e. The number of thiophene rings is 1. The van der Waals surface area contributed by atoms with E-state index in [2.05, 4.69) is 30.4 Å². The Kier molecular flexibility index (Phi) is 5.93. The molecule has 0 saturated carbocycles. The number of hydrogen-bond donors (Lipinski definition) is 1. The van der Waals surface area contributed by atoms with Crippen LogP contribution in [0.5, 0.6) is 5.75 Å². The number of carbonyl (C=O) groups excluding carboxylic acids is 1. The van der Waals surface area contributed by atoms with Crippen molar-refractivity contribution in [2.45, 2.75) is 33.6 Å². The Morgan fingerprint density at radius 3 is 2.78 bits per heavy atom. The Morgan fingerprint density at radius 2 is 2.13 bits per heavy atom. The molecule has 0 saturated heterocycles. The van der Waals surface area contributed by atoms with Crippen molar-refractivity contribution in [2.24, 2.45) is 5.10 Å². The minimum Gasteiger partial charge on any atom is -0.483 e. The number of ether oxygens (including phenoxy) is 1. The van der Waals surface area contributed by atoms with Gasteiger partial charge in [-0.05, 0) is 48.4 Å². The van der Waals surface area contributed by atoms with Crippen LogP contribution in [-0.2, 0) is 4.79 Å². The molecule has 23 heavy (non-hydrogen) atoms. The molecule has 0 spiro atoms. The molecule has 0 aliphatic carbocycles. The summed E-state index contributed by atoms with van der Waals surface area (Å²) >= 11 is 1.59. The van der Waals surface area contributed by atoms with Gasteiger partial charge in [0.05, 0.1) is 5.71 Å². The Balaban J connectivity index is 1.95. The maximum atomic E-state index is 11.9. The van der Waals surface area contributed by atoms with Crippen molar-refractivity contribution in [3.8, 4) is 5.75 Å². The summed E-state index contributed by atoms with van der Waals surface area (Å²) in [6, 6.07) is 9.98. The summed E-state index contributed by atoms with van der Waals surface area (Å²) in [5.41, 5.74) is 5.53. The Bertz CT molecular complexity index is 691. The number of aryl methyl sites for hydroxylation is 1. The van der Waals surface area contributed by atoms with E-state index in [9.17, 15) is 4.79 Å². The number of carbonyl (C=O) groups is 1. The van der Waals surface area contributed by atoms with E-state index in [0.29, 0.717) is 5.92 Å². The molecule has 0 atom stereocenters. The average Bonchev–Trinajstić information content (AvgIpc) is 3.04. The van der Waals surface area contributed by atoms with E-state index in [1.165, 1.54) is 0 Å². The number of nitrogens with one attached hydrogen (secondary N) is 1. The van der Waals surface area contributed by atoms with Crippen LogP contribution in [0.4, 0.5) is 0 Å². The lowest BCUT2D eigenvalue weighted by atomic mass is 10.0. The molecule has 0 radical (unpaired) electrons. The van der Waals surface area contributed by atoms with Crippen LogP contribution in [-0.4, -0.2) is 18.2 Å². The van der Waals surface area contributed by atoms with Crippen LogP contribution in [0.3, 0.4) is 0 Å². The smallest absolute Gasteiger partial charge is 0.277 e. The molecule has 2 rings (SSSR count). The lowest BCUT2D eigenvalue weighted by Crippen LogP contribution is -2.25. The summed E-state index contributed by atoms with van der Waals surface area (Å²) in [5, 5.41) is 6.08. The molecule has 1 amide bonds. The van der Waals surface area contributed by atoms with Gasteiger partial charge in [-0.3, -0.25) is 4.79 Å². The lowest BCUT2D eigenvalue weighted by molar-refractivity contribution is -0.123. The third kappa shape index (κ3) is 4.93. The maximum absolute atomic E-state index is 11.9. The van der Waals surface area contributed by atoms with Crippen molar-refractivity contribution in [2.75, 3.05) is 6.61 Å². The van der Waals surface area contributed by atoms with Gasteiger partial charge in [0.15, 0.2) is 6.61 Å². The number of benzene rings is 1. The van der Waals surface area contributed by atoms with E-state index in [4.69, 9.17) is 4.74 Å². The van der Waals surface area contributed by atoms with Crippen molar-refractivity contribution in [1.82, 2.24) is 5.43 Å². The first-order valence-electron chi connectivity index (χ1n) is 7.57. The van der Waals surface area contributed by atoms with E-state index in [1.54, 1.807) is 11.3 Å². The maximum Gasteiger partial charge on any atom is 0.277 e. The fourth-order valence-corrected chi connectivity index (χ4v) is 2.78. The lowest BCUT2D eigenvalue weighted by Gasteiger charge is -2.14. The Labute approximate surface area is 141 Å². The first kappa shape index (κ1) is 17.2. The first-order chi connectivity index (χ1) is 11.0. The van der Waals surface area contributed by atoms with Crippen LogP contribution in [0.15, 0.2) is 40.8 Å². The highest BCUT2D eigenvalue weighted by molar-refractivity contribution is 7.12. The van der Waals surface area contributed by atoms with Gasteiger partial charge in [0, 0.05) is 4.88 Å². The normalized spacial score (nSPS) is 11.6.